The molecule has 6 heteroatoms. The predicted molar refractivity (Wildman–Crippen MR) is 63.5 cm³/mol. The van der Waals surface area contributed by atoms with E-state index in [-0.39, 0.29) is 12.4 Å². The maximum atomic E-state index is 11.8. The summed E-state index contributed by atoms with van der Waals surface area (Å²) in [5.41, 5.74) is 0.690. The average molecular weight is 242 g/mol. The average Bonchev–Trinajstić information content (AvgIpc) is 2.35. The highest BCUT2D eigenvalue weighted by Crippen LogP contribution is 2.13. The predicted octanol–water partition coefficient (Wildman–Crippen LogP) is 2.47. The van der Waals surface area contributed by atoms with Crippen LogP contribution < -0.4 is 4.90 Å². The highest BCUT2D eigenvalue weighted by Gasteiger charge is 2.19. The SMILES string of the molecule is CN(C(=O)N(CCCl)N=O)c1ccccc1. The van der Waals surface area contributed by atoms with Crippen molar-refractivity contribution < 1.29 is 4.79 Å². The van der Waals surface area contributed by atoms with Gasteiger partial charge in [-0.3, -0.25) is 4.90 Å². The Hall–Kier alpha value is -1.62. The molecule has 0 fully saturated rings. The van der Waals surface area contributed by atoms with E-state index < -0.39 is 6.03 Å². The van der Waals surface area contributed by atoms with Gasteiger partial charge in [0.15, 0.2) is 0 Å². The van der Waals surface area contributed by atoms with Crippen LogP contribution in [0.15, 0.2) is 35.6 Å². The normalized spacial score (nSPS) is 9.62. The Morgan fingerprint density at radius 2 is 2.00 bits per heavy atom. The molecule has 0 aliphatic heterocycles. The van der Waals surface area contributed by atoms with Crippen LogP contribution in [-0.2, 0) is 0 Å². The molecule has 0 bridgehead atoms. The quantitative estimate of drug-likeness (QED) is 0.462. The number of hydrogen-bond acceptors (Lipinski definition) is 3. The summed E-state index contributed by atoms with van der Waals surface area (Å²) in [6.07, 6.45) is 0. The van der Waals surface area contributed by atoms with Gasteiger partial charge in [0, 0.05) is 18.6 Å². The molecule has 0 atom stereocenters. The fourth-order valence-corrected chi connectivity index (χ4v) is 1.35. The standard InChI is InChI=1S/C10H12ClN3O2/c1-13(9-5-3-2-4-6-9)10(15)14(12-16)8-7-11/h2-6H,7-8H2,1H3. The molecule has 0 unspecified atom stereocenters. The molecule has 0 spiro atoms. The number of para-hydroxylation sites is 1. The Morgan fingerprint density at radius 3 is 2.50 bits per heavy atom. The van der Waals surface area contributed by atoms with Crippen molar-refractivity contribution >= 4 is 23.3 Å². The van der Waals surface area contributed by atoms with Gasteiger partial charge in [-0.15, -0.1) is 16.5 Å². The van der Waals surface area contributed by atoms with Crippen LogP contribution in [0.5, 0.6) is 0 Å². The number of halogens is 1. The van der Waals surface area contributed by atoms with Crippen molar-refractivity contribution in [2.45, 2.75) is 0 Å². The highest BCUT2D eigenvalue weighted by atomic mass is 35.5. The van der Waals surface area contributed by atoms with Crippen molar-refractivity contribution in [3.05, 3.63) is 35.2 Å². The second-order valence-electron chi connectivity index (χ2n) is 3.07. The second kappa shape index (κ2) is 6.07. The summed E-state index contributed by atoms with van der Waals surface area (Å²) in [7, 11) is 1.57. The number of amides is 2. The lowest BCUT2D eigenvalue weighted by Crippen LogP contribution is -2.38. The molecule has 1 aromatic carbocycles. The fourth-order valence-electron chi connectivity index (χ4n) is 1.19. The van der Waals surface area contributed by atoms with E-state index >= 15 is 0 Å². The van der Waals surface area contributed by atoms with Crippen molar-refractivity contribution in [1.29, 1.82) is 0 Å². The van der Waals surface area contributed by atoms with Gasteiger partial charge >= 0.3 is 6.03 Å². The molecule has 5 nitrogen and oxygen atoms in total. The van der Waals surface area contributed by atoms with Crippen molar-refractivity contribution in [3.63, 3.8) is 0 Å². The number of nitroso groups, excluding NO2 is 1. The molecule has 1 rings (SSSR count). The van der Waals surface area contributed by atoms with Gasteiger partial charge in [-0.05, 0) is 12.1 Å². The summed E-state index contributed by atoms with van der Waals surface area (Å²) in [4.78, 5) is 23.5. The van der Waals surface area contributed by atoms with E-state index in [1.165, 1.54) is 4.90 Å². The zero-order valence-corrected chi connectivity index (χ0v) is 9.59. The smallest absolute Gasteiger partial charge is 0.296 e. The van der Waals surface area contributed by atoms with Crippen LogP contribution >= 0.6 is 11.6 Å². The molecule has 86 valence electrons. The first-order valence-corrected chi connectivity index (χ1v) is 5.23. The van der Waals surface area contributed by atoms with Gasteiger partial charge < -0.3 is 0 Å². The van der Waals surface area contributed by atoms with Gasteiger partial charge in [0.1, 0.15) is 0 Å². The van der Waals surface area contributed by atoms with E-state index in [4.69, 9.17) is 11.6 Å². The van der Waals surface area contributed by atoms with E-state index in [9.17, 15) is 9.70 Å². The summed E-state index contributed by atoms with van der Waals surface area (Å²) in [6, 6.07) is 8.49. The minimum atomic E-state index is -0.498. The minimum Gasteiger partial charge on any atom is -0.296 e. The molecule has 16 heavy (non-hydrogen) atoms. The van der Waals surface area contributed by atoms with Crippen LogP contribution in [0.4, 0.5) is 10.5 Å². The number of anilines is 1. The third-order valence-corrected chi connectivity index (χ3v) is 2.22. The number of rotatable bonds is 4. The monoisotopic (exact) mass is 241 g/mol. The minimum absolute atomic E-state index is 0.0983. The van der Waals surface area contributed by atoms with Gasteiger partial charge in [-0.2, -0.15) is 5.01 Å². The Labute approximate surface area is 98.5 Å². The molecule has 1 aromatic rings. The van der Waals surface area contributed by atoms with Gasteiger partial charge in [0.2, 0.25) is 0 Å². The molecule has 0 saturated heterocycles. The van der Waals surface area contributed by atoms with E-state index in [0.29, 0.717) is 5.69 Å². The van der Waals surface area contributed by atoms with Gasteiger partial charge in [-0.1, -0.05) is 18.2 Å². The molecule has 0 saturated carbocycles. The Kier molecular flexibility index (Phi) is 4.72. The van der Waals surface area contributed by atoms with Crippen LogP contribution in [-0.4, -0.2) is 30.5 Å². The number of nitrogens with zero attached hydrogens (tertiary/aromatic N) is 3. The molecule has 0 aliphatic carbocycles. The summed E-state index contributed by atoms with van der Waals surface area (Å²) in [5, 5.41) is 3.42. The molecule has 0 radical (unpaired) electrons. The zero-order valence-electron chi connectivity index (χ0n) is 8.84. The van der Waals surface area contributed by atoms with Crippen LogP contribution in [0.25, 0.3) is 0 Å². The number of carbonyl (C=O) groups is 1. The molecule has 2 amide bonds. The second-order valence-corrected chi connectivity index (χ2v) is 3.45. The molecular weight excluding hydrogens is 230 g/mol. The third kappa shape index (κ3) is 2.93. The highest BCUT2D eigenvalue weighted by molar-refractivity contribution is 6.18. The maximum absolute atomic E-state index is 11.8. The van der Waals surface area contributed by atoms with E-state index in [1.807, 2.05) is 6.07 Å². The summed E-state index contributed by atoms with van der Waals surface area (Å²) >= 11 is 5.46. The van der Waals surface area contributed by atoms with Crippen LogP contribution in [0.3, 0.4) is 0 Å². The molecule has 0 N–H and O–H groups in total. The zero-order chi connectivity index (χ0) is 12.0. The molecule has 0 aliphatic rings. The third-order valence-electron chi connectivity index (χ3n) is 2.05. The lowest BCUT2D eigenvalue weighted by Gasteiger charge is -2.21. The largest absolute Gasteiger partial charge is 0.347 e. The van der Waals surface area contributed by atoms with Gasteiger partial charge in [0.25, 0.3) is 0 Å². The Morgan fingerprint density at radius 1 is 1.38 bits per heavy atom. The van der Waals surface area contributed by atoms with Gasteiger partial charge in [0.05, 0.1) is 11.8 Å². The van der Waals surface area contributed by atoms with Crippen molar-refractivity contribution in [3.8, 4) is 0 Å². The van der Waals surface area contributed by atoms with Crippen LogP contribution in [0, 0.1) is 4.91 Å². The summed E-state index contributed by atoms with van der Waals surface area (Å²) in [5.74, 6) is 0.167. The van der Waals surface area contributed by atoms with Crippen molar-refractivity contribution in [2.75, 3.05) is 24.4 Å². The number of carbonyl (C=O) groups excluding carboxylic acids is 1. The first-order valence-electron chi connectivity index (χ1n) is 4.70. The lowest BCUT2D eigenvalue weighted by molar-refractivity contribution is 0.210. The van der Waals surface area contributed by atoms with Crippen molar-refractivity contribution in [1.82, 2.24) is 5.01 Å². The number of hydrogen-bond donors (Lipinski definition) is 0. The number of urea groups is 1. The molecule has 0 aromatic heterocycles. The fraction of sp³-hybridized carbons (Fsp3) is 0.300. The van der Waals surface area contributed by atoms with Crippen molar-refractivity contribution in [2.24, 2.45) is 5.29 Å². The first-order chi connectivity index (χ1) is 7.70. The number of benzene rings is 1. The number of alkyl halides is 1. The van der Waals surface area contributed by atoms with E-state index in [2.05, 4.69) is 5.29 Å². The Balaban J connectivity index is 2.77. The summed E-state index contributed by atoms with van der Waals surface area (Å²) in [6.45, 7) is 0.0983. The summed E-state index contributed by atoms with van der Waals surface area (Å²) < 4.78 is 0. The van der Waals surface area contributed by atoms with E-state index in [1.54, 1.807) is 31.3 Å². The van der Waals surface area contributed by atoms with Crippen LogP contribution in [0.1, 0.15) is 0 Å². The van der Waals surface area contributed by atoms with E-state index in [0.717, 1.165) is 5.01 Å². The van der Waals surface area contributed by atoms with Gasteiger partial charge in [-0.25, -0.2) is 4.79 Å². The first kappa shape index (κ1) is 12.4. The molecular formula is C10H12ClN3O2. The lowest BCUT2D eigenvalue weighted by atomic mass is 10.3. The van der Waals surface area contributed by atoms with Crippen LogP contribution in [0.2, 0.25) is 0 Å². The molecule has 0 heterocycles. The Bertz CT molecular complexity index is 358. The topological polar surface area (TPSA) is 53.0 Å². The maximum Gasteiger partial charge on any atom is 0.347 e.